The largest absolute Gasteiger partial charge is 0.478 e. The zero-order valence-corrected chi connectivity index (χ0v) is 18.0. The number of fused-ring (bicyclic) bond motifs is 1. The predicted molar refractivity (Wildman–Crippen MR) is 119 cm³/mol. The highest BCUT2D eigenvalue weighted by molar-refractivity contribution is 6.31. The van der Waals surface area contributed by atoms with Gasteiger partial charge in [-0.2, -0.15) is 0 Å². The topological polar surface area (TPSA) is 54.5 Å². The van der Waals surface area contributed by atoms with Crippen molar-refractivity contribution in [1.29, 1.82) is 0 Å². The molecule has 0 aliphatic heterocycles. The van der Waals surface area contributed by atoms with E-state index in [0.29, 0.717) is 31.1 Å². The highest BCUT2D eigenvalue weighted by atomic mass is 35.5. The maximum absolute atomic E-state index is 13.4. The van der Waals surface area contributed by atoms with Crippen LogP contribution in [-0.4, -0.2) is 29.1 Å². The Morgan fingerprint density at radius 1 is 1.20 bits per heavy atom. The zero-order valence-electron chi connectivity index (χ0n) is 17.3. The third kappa shape index (κ3) is 4.49. The van der Waals surface area contributed by atoms with Crippen LogP contribution in [0.4, 0.5) is 14.9 Å². The van der Waals surface area contributed by atoms with E-state index in [9.17, 15) is 9.18 Å². The van der Waals surface area contributed by atoms with Gasteiger partial charge < -0.3 is 15.0 Å². The van der Waals surface area contributed by atoms with Crippen LogP contribution >= 0.6 is 11.6 Å². The number of ether oxygens (including phenoxy) is 1. The Kier molecular flexibility index (Phi) is 7.11. The molecule has 7 heteroatoms. The number of carbonyl (C=O) groups is 1. The van der Waals surface area contributed by atoms with Gasteiger partial charge in [0.15, 0.2) is 0 Å². The van der Waals surface area contributed by atoms with Crippen LogP contribution in [0.15, 0.2) is 48.7 Å². The Labute approximate surface area is 180 Å². The second-order valence-electron chi connectivity index (χ2n) is 6.77. The fraction of sp³-hybridized carbons (Fsp3) is 0.304. The van der Waals surface area contributed by atoms with E-state index in [-0.39, 0.29) is 17.1 Å². The third-order valence-corrected chi connectivity index (χ3v) is 5.25. The van der Waals surface area contributed by atoms with Gasteiger partial charge in [0, 0.05) is 29.4 Å². The van der Waals surface area contributed by atoms with Gasteiger partial charge in [-0.1, -0.05) is 36.7 Å². The fourth-order valence-corrected chi connectivity index (χ4v) is 3.77. The van der Waals surface area contributed by atoms with Crippen LogP contribution in [0, 0.1) is 5.82 Å². The summed E-state index contributed by atoms with van der Waals surface area (Å²) in [7, 11) is 0. The number of halogens is 2. The molecule has 3 aromatic rings. The summed E-state index contributed by atoms with van der Waals surface area (Å²) in [5.41, 5.74) is 1.39. The predicted octanol–water partition coefficient (Wildman–Crippen LogP) is 6.43. The summed E-state index contributed by atoms with van der Waals surface area (Å²) in [4.78, 5) is 19.3. The Morgan fingerprint density at radius 2 is 1.93 bits per heavy atom. The van der Waals surface area contributed by atoms with Gasteiger partial charge in [0.05, 0.1) is 17.7 Å². The van der Waals surface area contributed by atoms with Gasteiger partial charge in [-0.25, -0.2) is 14.2 Å². The first kappa shape index (κ1) is 21.8. The minimum Gasteiger partial charge on any atom is -0.478 e. The Morgan fingerprint density at radius 3 is 2.57 bits per heavy atom. The fourth-order valence-electron chi connectivity index (χ4n) is 3.59. The number of nitrogens with zero attached hydrogens (tertiary/aromatic N) is 2. The van der Waals surface area contributed by atoms with Crippen molar-refractivity contribution < 1.29 is 13.9 Å². The van der Waals surface area contributed by atoms with Gasteiger partial charge in [-0.3, -0.25) is 0 Å². The summed E-state index contributed by atoms with van der Waals surface area (Å²) in [6.07, 6.45) is 2.48. The van der Waals surface area contributed by atoms with E-state index < -0.39 is 5.82 Å². The van der Waals surface area contributed by atoms with E-state index in [2.05, 4.69) is 10.3 Å². The monoisotopic (exact) mass is 429 g/mol. The molecular weight excluding hydrogens is 405 g/mol. The molecular formula is C23H25ClFN3O2. The molecule has 1 N–H and O–H groups in total. The summed E-state index contributed by atoms with van der Waals surface area (Å²) in [5.74, 6) is 0.0561. The number of urea groups is 1. The number of aromatic nitrogens is 1. The average Bonchev–Trinajstić information content (AvgIpc) is 2.75. The standard InChI is InChI=1S/C23H25ClFN3O2/c1-4-21(18-14-26-22(30-6-3)17-10-8-7-9-16(17)18)28(5-2)23(29)27-15-11-12-20(25)19(24)13-15/h7-14,21H,4-6H2,1-3H3,(H,27,29)/t21-/m1/s1. The second-order valence-corrected chi connectivity index (χ2v) is 7.17. The van der Waals surface area contributed by atoms with Gasteiger partial charge in [-0.05, 0) is 49.9 Å². The van der Waals surface area contributed by atoms with Gasteiger partial charge in [-0.15, -0.1) is 0 Å². The second kappa shape index (κ2) is 9.76. The molecule has 0 aliphatic rings. The van der Waals surface area contributed by atoms with Crippen LogP contribution in [0.25, 0.3) is 10.8 Å². The number of benzene rings is 2. The molecule has 0 saturated carbocycles. The molecule has 2 amide bonds. The molecule has 0 unspecified atom stereocenters. The average molecular weight is 430 g/mol. The molecule has 0 fully saturated rings. The van der Waals surface area contributed by atoms with Gasteiger partial charge in [0.1, 0.15) is 5.82 Å². The van der Waals surface area contributed by atoms with E-state index in [0.717, 1.165) is 16.3 Å². The molecule has 0 saturated heterocycles. The molecule has 1 atom stereocenters. The maximum atomic E-state index is 13.4. The van der Waals surface area contributed by atoms with E-state index in [4.69, 9.17) is 16.3 Å². The molecule has 0 spiro atoms. The summed E-state index contributed by atoms with van der Waals surface area (Å²) in [6.45, 7) is 6.88. The van der Waals surface area contributed by atoms with Crippen LogP contribution < -0.4 is 10.1 Å². The van der Waals surface area contributed by atoms with Crippen LogP contribution in [-0.2, 0) is 0 Å². The number of hydrogen-bond acceptors (Lipinski definition) is 3. The van der Waals surface area contributed by atoms with Crippen molar-refractivity contribution in [3.8, 4) is 5.88 Å². The summed E-state index contributed by atoms with van der Waals surface area (Å²) >= 11 is 5.84. The normalized spacial score (nSPS) is 11.9. The first-order valence-corrected chi connectivity index (χ1v) is 10.4. The van der Waals surface area contributed by atoms with Gasteiger partial charge in [0.25, 0.3) is 0 Å². The lowest BCUT2D eigenvalue weighted by Crippen LogP contribution is -2.38. The van der Waals surface area contributed by atoms with Crippen molar-refractivity contribution in [2.24, 2.45) is 0 Å². The first-order chi connectivity index (χ1) is 14.5. The van der Waals surface area contributed by atoms with Crippen molar-refractivity contribution in [1.82, 2.24) is 9.88 Å². The molecule has 3 rings (SSSR count). The molecule has 30 heavy (non-hydrogen) atoms. The molecule has 2 aromatic carbocycles. The zero-order chi connectivity index (χ0) is 21.7. The van der Waals surface area contributed by atoms with Gasteiger partial charge in [0.2, 0.25) is 5.88 Å². The van der Waals surface area contributed by atoms with Crippen molar-refractivity contribution in [2.75, 3.05) is 18.5 Å². The molecule has 1 aromatic heterocycles. The molecule has 158 valence electrons. The minimum atomic E-state index is -0.527. The molecule has 0 aliphatic carbocycles. The van der Waals surface area contributed by atoms with Crippen molar-refractivity contribution in [3.63, 3.8) is 0 Å². The number of nitrogens with one attached hydrogen (secondary N) is 1. The number of amides is 2. The molecule has 1 heterocycles. The van der Waals surface area contributed by atoms with Crippen LogP contribution in [0.5, 0.6) is 5.88 Å². The summed E-state index contributed by atoms with van der Waals surface area (Å²) in [6, 6.07) is 11.5. The molecule has 5 nitrogen and oxygen atoms in total. The summed E-state index contributed by atoms with van der Waals surface area (Å²) in [5, 5.41) is 4.69. The molecule has 0 bridgehead atoms. The van der Waals surface area contributed by atoms with Crippen LogP contribution in [0.1, 0.15) is 38.8 Å². The van der Waals surface area contributed by atoms with Crippen LogP contribution in [0.2, 0.25) is 5.02 Å². The number of carbonyl (C=O) groups excluding carboxylic acids is 1. The van der Waals surface area contributed by atoms with E-state index >= 15 is 0 Å². The Bertz CT molecular complexity index is 1040. The van der Waals surface area contributed by atoms with E-state index in [1.165, 1.54) is 18.2 Å². The lowest BCUT2D eigenvalue weighted by atomic mass is 9.98. The molecule has 0 radical (unpaired) electrons. The maximum Gasteiger partial charge on any atom is 0.322 e. The number of hydrogen-bond donors (Lipinski definition) is 1. The van der Waals surface area contributed by atoms with Gasteiger partial charge >= 0.3 is 6.03 Å². The van der Waals surface area contributed by atoms with Crippen molar-refractivity contribution >= 4 is 34.1 Å². The minimum absolute atomic E-state index is 0.0374. The quantitative estimate of drug-likeness (QED) is 0.470. The van der Waals surface area contributed by atoms with Crippen LogP contribution in [0.3, 0.4) is 0 Å². The number of anilines is 1. The van der Waals surface area contributed by atoms with E-state index in [1.54, 1.807) is 11.1 Å². The van der Waals surface area contributed by atoms with Crippen molar-refractivity contribution in [2.45, 2.75) is 33.2 Å². The Balaban J connectivity index is 1.95. The lowest BCUT2D eigenvalue weighted by molar-refractivity contribution is 0.190. The highest BCUT2D eigenvalue weighted by Gasteiger charge is 2.25. The smallest absolute Gasteiger partial charge is 0.322 e. The number of rotatable bonds is 7. The third-order valence-electron chi connectivity index (χ3n) is 4.96. The number of pyridine rings is 1. The summed E-state index contributed by atoms with van der Waals surface area (Å²) < 4.78 is 19.1. The SMILES string of the molecule is CCOc1ncc([C@@H](CC)N(CC)C(=O)Nc2ccc(F)c(Cl)c2)c2ccccc12. The van der Waals surface area contributed by atoms with Crippen molar-refractivity contribution in [3.05, 3.63) is 65.1 Å². The highest BCUT2D eigenvalue weighted by Crippen LogP contribution is 2.34. The van der Waals surface area contributed by atoms with E-state index in [1.807, 2.05) is 45.0 Å². The first-order valence-electron chi connectivity index (χ1n) is 10.0. The Hall–Kier alpha value is -2.86. The lowest BCUT2D eigenvalue weighted by Gasteiger charge is -2.31.